The topological polar surface area (TPSA) is 60.9 Å². The molecule has 2 N–H and O–H groups in total. The van der Waals surface area contributed by atoms with Crippen molar-refractivity contribution in [1.29, 1.82) is 0 Å². The quantitative estimate of drug-likeness (QED) is 0.303. The van der Waals surface area contributed by atoms with Crippen LogP contribution in [0.15, 0.2) is 72.9 Å². The lowest BCUT2D eigenvalue weighted by Gasteiger charge is -2.20. The number of primary amides is 1. The zero-order chi connectivity index (χ0) is 25.4. The van der Waals surface area contributed by atoms with Gasteiger partial charge in [-0.05, 0) is 59.5 Å². The highest BCUT2D eigenvalue weighted by molar-refractivity contribution is 5.92. The van der Waals surface area contributed by atoms with Gasteiger partial charge in [-0.15, -0.1) is 0 Å². The fourth-order valence-electron chi connectivity index (χ4n) is 3.93. The number of hydrogen-bond acceptors (Lipinski definition) is 2. The van der Waals surface area contributed by atoms with E-state index in [-0.39, 0.29) is 12.0 Å². The first-order valence-electron chi connectivity index (χ1n) is 10.5. The molecule has 1 amide bonds. The zero-order valence-corrected chi connectivity index (χ0v) is 18.1. The number of aromatic nitrogens is 2. The number of nitrogens with zero attached hydrogens (tertiary/aromatic N) is 2. The van der Waals surface area contributed by atoms with Gasteiger partial charge in [-0.25, -0.2) is 0 Å². The third-order valence-corrected chi connectivity index (χ3v) is 5.72. The van der Waals surface area contributed by atoms with E-state index in [0.29, 0.717) is 27.6 Å². The van der Waals surface area contributed by atoms with E-state index in [9.17, 15) is 31.1 Å². The molecule has 0 bridgehead atoms. The summed E-state index contributed by atoms with van der Waals surface area (Å²) in [6.45, 7) is 0. The molecule has 1 atom stereocenters. The number of hydrogen-bond donors (Lipinski definition) is 1. The van der Waals surface area contributed by atoms with Gasteiger partial charge in [-0.3, -0.25) is 9.48 Å². The molecular formula is C25H19F6N3O. The number of carbonyl (C=O) groups is 1. The van der Waals surface area contributed by atoms with Crippen molar-refractivity contribution in [3.8, 4) is 11.1 Å². The first kappa shape index (κ1) is 24.3. The van der Waals surface area contributed by atoms with Crippen LogP contribution in [0.3, 0.4) is 0 Å². The van der Waals surface area contributed by atoms with Crippen LogP contribution in [0.25, 0.3) is 22.0 Å². The molecule has 0 spiro atoms. The Bertz CT molecular complexity index is 1340. The highest BCUT2D eigenvalue weighted by Gasteiger charge is 2.31. The Morgan fingerprint density at radius 2 is 1.51 bits per heavy atom. The summed E-state index contributed by atoms with van der Waals surface area (Å²) in [4.78, 5) is 11.4. The molecule has 1 heterocycles. The molecule has 1 unspecified atom stereocenters. The zero-order valence-electron chi connectivity index (χ0n) is 18.1. The van der Waals surface area contributed by atoms with Crippen molar-refractivity contribution in [3.63, 3.8) is 0 Å². The van der Waals surface area contributed by atoms with Gasteiger partial charge in [0.2, 0.25) is 5.91 Å². The molecule has 0 aliphatic carbocycles. The molecule has 4 nitrogen and oxygen atoms in total. The smallest absolute Gasteiger partial charge is 0.366 e. The number of fused-ring (bicyclic) bond motifs is 1. The molecule has 35 heavy (non-hydrogen) atoms. The fourth-order valence-corrected chi connectivity index (χ4v) is 3.93. The maximum atomic E-state index is 13.0. The largest absolute Gasteiger partial charge is 0.416 e. The van der Waals surface area contributed by atoms with Crippen molar-refractivity contribution in [2.75, 3.05) is 0 Å². The van der Waals surface area contributed by atoms with Crippen LogP contribution in [-0.2, 0) is 6.18 Å². The summed E-state index contributed by atoms with van der Waals surface area (Å²) in [5.41, 5.74) is 7.01. The Balaban J connectivity index is 1.70. The lowest BCUT2D eigenvalue weighted by atomic mass is 9.99. The van der Waals surface area contributed by atoms with Crippen LogP contribution in [0, 0.1) is 0 Å². The van der Waals surface area contributed by atoms with Crippen LogP contribution in [0.5, 0.6) is 0 Å². The van der Waals surface area contributed by atoms with Crippen molar-refractivity contribution in [3.05, 3.63) is 89.6 Å². The monoisotopic (exact) mass is 491 g/mol. The van der Waals surface area contributed by atoms with Crippen molar-refractivity contribution >= 4 is 16.8 Å². The standard InChI is InChI=1S/C25H19F6N3O/c26-24(27,28)12-11-22(16-1-3-17(4-2-16)23(32)35)34-21-10-7-18(13-19(21)14-33-34)15-5-8-20(9-6-15)25(29,30)31/h1-10,13-14,22H,11-12H2,(H2,32,35). The van der Waals surface area contributed by atoms with Gasteiger partial charge in [0.1, 0.15) is 0 Å². The second-order valence-corrected chi connectivity index (χ2v) is 8.09. The number of rotatable bonds is 6. The molecule has 1 aromatic heterocycles. The average Bonchev–Trinajstić information content (AvgIpc) is 3.21. The van der Waals surface area contributed by atoms with Crippen LogP contribution in [0.2, 0.25) is 0 Å². The number of benzene rings is 3. The Morgan fingerprint density at radius 3 is 2.09 bits per heavy atom. The summed E-state index contributed by atoms with van der Waals surface area (Å²) >= 11 is 0. The minimum absolute atomic E-state index is 0.231. The first-order valence-corrected chi connectivity index (χ1v) is 10.5. The second-order valence-electron chi connectivity index (χ2n) is 8.09. The molecule has 4 aromatic rings. The van der Waals surface area contributed by atoms with Gasteiger partial charge in [-0.2, -0.15) is 31.4 Å². The molecule has 0 fully saturated rings. The lowest BCUT2D eigenvalue weighted by Crippen LogP contribution is -2.17. The maximum Gasteiger partial charge on any atom is 0.416 e. The summed E-state index contributed by atoms with van der Waals surface area (Å²) in [7, 11) is 0. The van der Waals surface area contributed by atoms with Crippen LogP contribution in [0.4, 0.5) is 26.3 Å². The third kappa shape index (κ3) is 5.47. The molecule has 0 saturated carbocycles. The fraction of sp³-hybridized carbons (Fsp3) is 0.200. The van der Waals surface area contributed by atoms with E-state index in [1.807, 2.05) is 0 Å². The number of alkyl halides is 6. The molecule has 3 aromatic carbocycles. The number of carbonyl (C=O) groups excluding carboxylic acids is 1. The number of amides is 1. The van der Waals surface area contributed by atoms with E-state index in [1.54, 1.807) is 30.3 Å². The van der Waals surface area contributed by atoms with Crippen LogP contribution in [-0.4, -0.2) is 21.9 Å². The van der Waals surface area contributed by atoms with Gasteiger partial charge >= 0.3 is 12.4 Å². The molecule has 0 aliphatic rings. The molecular weight excluding hydrogens is 472 g/mol. The highest BCUT2D eigenvalue weighted by Crippen LogP contribution is 2.34. The summed E-state index contributed by atoms with van der Waals surface area (Å²) in [5, 5.41) is 4.94. The molecule has 0 radical (unpaired) electrons. The summed E-state index contributed by atoms with van der Waals surface area (Å²) in [6.07, 6.45) is -8.63. The van der Waals surface area contributed by atoms with E-state index in [1.165, 1.54) is 35.1 Å². The Morgan fingerprint density at radius 1 is 0.886 bits per heavy atom. The average molecular weight is 491 g/mol. The Hall–Kier alpha value is -3.82. The molecule has 0 aliphatic heterocycles. The number of nitrogens with two attached hydrogens (primary N) is 1. The van der Waals surface area contributed by atoms with Gasteiger partial charge in [0, 0.05) is 17.4 Å². The Labute approximate surface area is 196 Å². The Kier molecular flexibility index (Phi) is 6.31. The predicted octanol–water partition coefficient (Wildman–Crippen LogP) is 6.75. The minimum atomic E-state index is -4.44. The SMILES string of the molecule is NC(=O)c1ccc(C(CCC(F)(F)F)n2ncc3cc(-c4ccc(C(F)(F)F)cc4)ccc32)cc1. The van der Waals surface area contributed by atoms with E-state index in [2.05, 4.69) is 5.10 Å². The van der Waals surface area contributed by atoms with Crippen LogP contribution >= 0.6 is 0 Å². The minimum Gasteiger partial charge on any atom is -0.366 e. The third-order valence-electron chi connectivity index (χ3n) is 5.72. The maximum absolute atomic E-state index is 13.0. The second kappa shape index (κ2) is 9.09. The predicted molar refractivity (Wildman–Crippen MR) is 119 cm³/mol. The van der Waals surface area contributed by atoms with Crippen LogP contribution < -0.4 is 5.73 Å². The van der Waals surface area contributed by atoms with Gasteiger partial charge in [0.15, 0.2) is 0 Å². The van der Waals surface area contributed by atoms with Gasteiger partial charge in [0.25, 0.3) is 0 Å². The van der Waals surface area contributed by atoms with Crippen LogP contribution in [0.1, 0.15) is 40.4 Å². The normalized spacial score (nSPS) is 13.2. The highest BCUT2D eigenvalue weighted by atomic mass is 19.4. The van der Waals surface area contributed by atoms with E-state index >= 15 is 0 Å². The lowest BCUT2D eigenvalue weighted by molar-refractivity contribution is -0.138. The van der Waals surface area contributed by atoms with E-state index in [4.69, 9.17) is 5.73 Å². The summed E-state index contributed by atoms with van der Waals surface area (Å²) in [6, 6.07) is 15.0. The molecule has 4 rings (SSSR count). The summed E-state index contributed by atoms with van der Waals surface area (Å²) < 4.78 is 79.1. The summed E-state index contributed by atoms with van der Waals surface area (Å²) in [5.74, 6) is -0.649. The van der Waals surface area contributed by atoms with Gasteiger partial charge in [0.05, 0.1) is 23.3 Å². The van der Waals surface area contributed by atoms with Gasteiger partial charge in [-0.1, -0.05) is 30.3 Å². The molecule has 10 heteroatoms. The van der Waals surface area contributed by atoms with Crippen molar-refractivity contribution in [1.82, 2.24) is 9.78 Å². The molecule has 0 saturated heterocycles. The first-order chi connectivity index (χ1) is 16.4. The van der Waals surface area contributed by atoms with Crippen molar-refractivity contribution in [2.45, 2.75) is 31.2 Å². The van der Waals surface area contributed by atoms with Crippen molar-refractivity contribution < 1.29 is 31.1 Å². The van der Waals surface area contributed by atoms with Gasteiger partial charge < -0.3 is 5.73 Å². The number of halogens is 6. The van der Waals surface area contributed by atoms with E-state index in [0.717, 1.165) is 12.1 Å². The van der Waals surface area contributed by atoms with E-state index < -0.39 is 36.3 Å². The van der Waals surface area contributed by atoms with Crippen molar-refractivity contribution in [2.24, 2.45) is 5.73 Å². The molecule has 182 valence electrons.